The zero-order valence-electron chi connectivity index (χ0n) is 23.2. The molecule has 41 heavy (non-hydrogen) atoms. The fourth-order valence-electron chi connectivity index (χ4n) is 3.77. The highest BCUT2D eigenvalue weighted by atomic mass is 16.4. The lowest BCUT2D eigenvalue weighted by atomic mass is 9.96. The van der Waals surface area contributed by atoms with Crippen LogP contribution in [0.1, 0.15) is 51.5 Å². The van der Waals surface area contributed by atoms with E-state index in [1.165, 1.54) is 12.1 Å². The summed E-state index contributed by atoms with van der Waals surface area (Å²) in [6.07, 6.45) is 0.0237. The van der Waals surface area contributed by atoms with Gasteiger partial charge in [0.05, 0.1) is 6.04 Å². The smallest absolute Gasteiger partial charge is 0.326 e. The number of hydrogen-bond acceptors (Lipinski definition) is 8. The van der Waals surface area contributed by atoms with E-state index >= 15 is 0 Å². The summed E-state index contributed by atoms with van der Waals surface area (Å²) in [6, 6.07) is 1.34. The number of phenolic OH excluding ortho intramolecular Hbond substituents is 1. The molecule has 228 valence electrons. The number of nitrogens with zero attached hydrogens (tertiary/aromatic N) is 1. The first kappa shape index (κ1) is 34.6. The molecule has 1 rings (SSSR count). The van der Waals surface area contributed by atoms with Gasteiger partial charge in [-0.05, 0) is 49.3 Å². The Labute approximate surface area is 237 Å². The number of nitrogens with one attached hydrogen (secondary N) is 3. The molecule has 0 saturated heterocycles. The number of nitrogens with two attached hydrogens (primary N) is 3. The standard InChI is InChI=1S/C26H41N7O8/c1-3-14(2)21(33-22(37)17(27)13-15-6-8-16(34)9-7-15)24(39)31-18(5-4-12-30-26(28)29)23(38)32-19(25(40)41)10-11-20(35)36/h6-9,14,17-19,21,34H,3-5,10-13,27H2,1-2H3,(H,31,39)(H,32,38)(H,33,37)(H,35,36)(H,40,41)(H4,28,29,30). The summed E-state index contributed by atoms with van der Waals surface area (Å²) in [7, 11) is 0. The number of aromatic hydroxyl groups is 1. The van der Waals surface area contributed by atoms with Crippen LogP contribution in [0.4, 0.5) is 0 Å². The Morgan fingerprint density at radius 2 is 1.51 bits per heavy atom. The molecule has 1 aromatic carbocycles. The van der Waals surface area contributed by atoms with Gasteiger partial charge in [-0.2, -0.15) is 0 Å². The van der Waals surface area contributed by atoms with Crippen molar-refractivity contribution in [2.75, 3.05) is 6.54 Å². The Hall–Kier alpha value is -4.40. The maximum atomic E-state index is 13.4. The Bertz CT molecular complexity index is 1080. The minimum atomic E-state index is -1.50. The largest absolute Gasteiger partial charge is 0.508 e. The van der Waals surface area contributed by atoms with E-state index in [4.69, 9.17) is 22.3 Å². The van der Waals surface area contributed by atoms with Gasteiger partial charge in [0, 0.05) is 13.0 Å². The lowest BCUT2D eigenvalue weighted by Gasteiger charge is -2.28. The number of aliphatic imine (C=N–C) groups is 1. The van der Waals surface area contributed by atoms with Crippen LogP contribution < -0.4 is 33.2 Å². The van der Waals surface area contributed by atoms with Crippen LogP contribution in [0.3, 0.4) is 0 Å². The molecule has 0 aliphatic rings. The van der Waals surface area contributed by atoms with Gasteiger partial charge in [0.15, 0.2) is 5.96 Å². The molecule has 15 nitrogen and oxygen atoms in total. The SMILES string of the molecule is CCC(C)C(NC(=O)C(N)Cc1ccc(O)cc1)C(=O)NC(CCCN=C(N)N)C(=O)NC(CCC(=O)O)C(=O)O. The van der Waals surface area contributed by atoms with Gasteiger partial charge in [-0.3, -0.25) is 24.2 Å². The van der Waals surface area contributed by atoms with Crippen molar-refractivity contribution in [2.24, 2.45) is 28.1 Å². The van der Waals surface area contributed by atoms with E-state index in [0.29, 0.717) is 12.0 Å². The number of guanidine groups is 1. The summed E-state index contributed by atoms with van der Waals surface area (Å²) in [5.41, 5.74) is 17.4. The van der Waals surface area contributed by atoms with Gasteiger partial charge in [-0.1, -0.05) is 32.4 Å². The van der Waals surface area contributed by atoms with Crippen molar-refractivity contribution in [2.45, 2.75) is 76.5 Å². The van der Waals surface area contributed by atoms with Crippen LogP contribution in [0.5, 0.6) is 5.75 Å². The maximum Gasteiger partial charge on any atom is 0.326 e. The van der Waals surface area contributed by atoms with E-state index in [9.17, 15) is 34.2 Å². The van der Waals surface area contributed by atoms with Crippen molar-refractivity contribution >= 4 is 35.6 Å². The third-order valence-electron chi connectivity index (χ3n) is 6.36. The average Bonchev–Trinajstić information content (AvgIpc) is 2.91. The molecule has 0 saturated carbocycles. The van der Waals surface area contributed by atoms with Gasteiger partial charge in [-0.15, -0.1) is 0 Å². The molecule has 0 fully saturated rings. The Kier molecular flexibility index (Phi) is 14.6. The highest BCUT2D eigenvalue weighted by Gasteiger charge is 2.32. The summed E-state index contributed by atoms with van der Waals surface area (Å²) in [5.74, 6) is -5.28. The molecule has 0 aliphatic heterocycles. The molecule has 1 aromatic rings. The summed E-state index contributed by atoms with van der Waals surface area (Å²) in [5, 5.41) is 35.2. The normalized spacial score (nSPS) is 14.4. The number of carboxylic acids is 2. The van der Waals surface area contributed by atoms with Crippen LogP contribution in [0.15, 0.2) is 29.3 Å². The first-order valence-electron chi connectivity index (χ1n) is 13.2. The number of carboxylic acid groups (broad SMARTS) is 2. The highest BCUT2D eigenvalue weighted by molar-refractivity contribution is 5.94. The van der Waals surface area contributed by atoms with Crippen LogP contribution in [-0.4, -0.2) is 81.7 Å². The quantitative estimate of drug-likeness (QED) is 0.0564. The summed E-state index contributed by atoms with van der Waals surface area (Å²) < 4.78 is 0. The topological polar surface area (TPSA) is 273 Å². The molecule has 5 atom stereocenters. The zero-order valence-corrected chi connectivity index (χ0v) is 23.2. The maximum absolute atomic E-state index is 13.4. The van der Waals surface area contributed by atoms with Gasteiger partial charge < -0.3 is 48.5 Å². The lowest BCUT2D eigenvalue weighted by Crippen LogP contribution is -2.58. The molecule has 3 amide bonds. The molecule has 0 aliphatic carbocycles. The molecular weight excluding hydrogens is 538 g/mol. The number of carbonyl (C=O) groups is 5. The number of amides is 3. The van der Waals surface area contributed by atoms with E-state index in [1.54, 1.807) is 19.1 Å². The van der Waals surface area contributed by atoms with E-state index in [0.717, 1.165) is 0 Å². The van der Waals surface area contributed by atoms with Crippen molar-refractivity contribution in [3.05, 3.63) is 29.8 Å². The Morgan fingerprint density at radius 3 is 2.05 bits per heavy atom. The first-order valence-corrected chi connectivity index (χ1v) is 13.2. The number of rotatable bonds is 18. The summed E-state index contributed by atoms with van der Waals surface area (Å²) in [6.45, 7) is 3.67. The Balaban J connectivity index is 3.05. The number of phenols is 1. The van der Waals surface area contributed by atoms with Crippen molar-refractivity contribution in [3.63, 3.8) is 0 Å². The van der Waals surface area contributed by atoms with E-state index in [2.05, 4.69) is 20.9 Å². The minimum absolute atomic E-state index is 0.0150. The summed E-state index contributed by atoms with van der Waals surface area (Å²) >= 11 is 0. The van der Waals surface area contributed by atoms with Crippen molar-refractivity contribution in [1.29, 1.82) is 0 Å². The number of aliphatic carboxylic acids is 2. The van der Waals surface area contributed by atoms with E-state index in [-0.39, 0.29) is 49.9 Å². The van der Waals surface area contributed by atoms with Crippen LogP contribution in [0.2, 0.25) is 0 Å². The number of carbonyl (C=O) groups excluding carboxylic acids is 3. The highest BCUT2D eigenvalue weighted by Crippen LogP contribution is 2.13. The molecule has 0 aromatic heterocycles. The molecule has 5 unspecified atom stereocenters. The molecule has 15 heteroatoms. The summed E-state index contributed by atoms with van der Waals surface area (Å²) in [4.78, 5) is 65.6. The predicted molar refractivity (Wildman–Crippen MR) is 149 cm³/mol. The number of benzene rings is 1. The third-order valence-corrected chi connectivity index (χ3v) is 6.36. The fourth-order valence-corrected chi connectivity index (χ4v) is 3.77. The van der Waals surface area contributed by atoms with Crippen LogP contribution in [-0.2, 0) is 30.4 Å². The zero-order chi connectivity index (χ0) is 31.1. The second-order valence-corrected chi connectivity index (χ2v) is 9.69. The van der Waals surface area contributed by atoms with Gasteiger partial charge >= 0.3 is 11.9 Å². The molecule has 12 N–H and O–H groups in total. The van der Waals surface area contributed by atoms with E-state index in [1.807, 2.05) is 6.92 Å². The molecule has 0 bridgehead atoms. The van der Waals surface area contributed by atoms with Gasteiger partial charge in [0.25, 0.3) is 0 Å². The van der Waals surface area contributed by atoms with Crippen molar-refractivity contribution < 1.29 is 39.3 Å². The average molecular weight is 580 g/mol. The Morgan fingerprint density at radius 1 is 0.902 bits per heavy atom. The lowest BCUT2D eigenvalue weighted by molar-refractivity contribution is -0.143. The minimum Gasteiger partial charge on any atom is -0.508 e. The fraction of sp³-hybridized carbons (Fsp3) is 0.538. The van der Waals surface area contributed by atoms with E-state index < -0.39 is 60.2 Å². The van der Waals surface area contributed by atoms with Crippen molar-refractivity contribution in [3.8, 4) is 5.75 Å². The molecular formula is C26H41N7O8. The number of hydrogen-bond donors (Lipinski definition) is 9. The second kappa shape index (κ2) is 17.3. The van der Waals surface area contributed by atoms with Gasteiger partial charge in [0.1, 0.15) is 23.9 Å². The molecule has 0 spiro atoms. The van der Waals surface area contributed by atoms with Crippen LogP contribution in [0.25, 0.3) is 0 Å². The van der Waals surface area contributed by atoms with Gasteiger partial charge in [0.2, 0.25) is 17.7 Å². The molecule has 0 heterocycles. The first-order chi connectivity index (χ1) is 19.2. The van der Waals surface area contributed by atoms with Crippen molar-refractivity contribution in [1.82, 2.24) is 16.0 Å². The predicted octanol–water partition coefficient (Wildman–Crippen LogP) is -1.23. The van der Waals surface area contributed by atoms with Gasteiger partial charge in [-0.25, -0.2) is 4.79 Å². The third kappa shape index (κ3) is 13.0. The second-order valence-electron chi connectivity index (χ2n) is 9.69. The molecule has 0 radical (unpaired) electrons. The van der Waals surface area contributed by atoms with Crippen LogP contribution >= 0.6 is 0 Å². The monoisotopic (exact) mass is 579 g/mol. The van der Waals surface area contributed by atoms with Crippen LogP contribution in [0, 0.1) is 5.92 Å².